The molecular weight excluding hydrogens is 234 g/mol. The first-order valence-electron chi connectivity index (χ1n) is 5.44. The normalized spacial score (nSPS) is 12.2. The minimum absolute atomic E-state index is 0.317. The Labute approximate surface area is 104 Å². The van der Waals surface area contributed by atoms with Gasteiger partial charge in [-0.2, -0.15) is 4.98 Å². The van der Waals surface area contributed by atoms with Crippen LogP contribution in [0.15, 0.2) is 28.8 Å². The lowest BCUT2D eigenvalue weighted by Crippen LogP contribution is -2.04. The van der Waals surface area contributed by atoms with Crippen molar-refractivity contribution in [3.05, 3.63) is 30.2 Å². The van der Waals surface area contributed by atoms with Crippen molar-refractivity contribution in [2.24, 2.45) is 5.73 Å². The van der Waals surface area contributed by atoms with Gasteiger partial charge < -0.3 is 15.0 Å². The number of hydrogen-bond acceptors (Lipinski definition) is 6. The van der Waals surface area contributed by atoms with Crippen LogP contribution in [0.5, 0.6) is 5.75 Å². The van der Waals surface area contributed by atoms with E-state index in [9.17, 15) is 4.79 Å². The van der Waals surface area contributed by atoms with Crippen molar-refractivity contribution in [1.29, 1.82) is 0 Å². The summed E-state index contributed by atoms with van der Waals surface area (Å²) < 4.78 is 9.99. The van der Waals surface area contributed by atoms with E-state index in [1.165, 1.54) is 6.92 Å². The van der Waals surface area contributed by atoms with E-state index < -0.39 is 0 Å². The summed E-state index contributed by atoms with van der Waals surface area (Å²) in [5.41, 5.74) is 6.33. The third kappa shape index (κ3) is 2.72. The fraction of sp³-hybridized carbons (Fsp3) is 0.250. The molecule has 1 heterocycles. The first kappa shape index (κ1) is 12.3. The van der Waals surface area contributed by atoms with Crippen molar-refractivity contribution in [3.8, 4) is 17.1 Å². The highest BCUT2D eigenvalue weighted by Gasteiger charge is 2.12. The molecule has 0 bridgehead atoms. The van der Waals surface area contributed by atoms with Crippen molar-refractivity contribution in [2.45, 2.75) is 19.9 Å². The van der Waals surface area contributed by atoms with E-state index in [4.69, 9.17) is 15.0 Å². The van der Waals surface area contributed by atoms with Crippen LogP contribution < -0.4 is 10.5 Å². The second-order valence-electron chi connectivity index (χ2n) is 3.87. The second-order valence-corrected chi connectivity index (χ2v) is 3.87. The van der Waals surface area contributed by atoms with Crippen molar-refractivity contribution in [3.63, 3.8) is 0 Å². The Hall–Kier alpha value is -2.21. The van der Waals surface area contributed by atoms with Crippen LogP contribution in [0.3, 0.4) is 0 Å². The van der Waals surface area contributed by atoms with Crippen molar-refractivity contribution < 1.29 is 14.1 Å². The number of carbonyl (C=O) groups excluding carboxylic acids is 1. The summed E-state index contributed by atoms with van der Waals surface area (Å²) in [4.78, 5) is 15.0. The molecule has 1 aromatic heterocycles. The molecule has 0 aliphatic rings. The smallest absolute Gasteiger partial charge is 0.308 e. The fourth-order valence-electron chi connectivity index (χ4n) is 1.40. The number of benzene rings is 1. The minimum Gasteiger partial charge on any atom is -0.427 e. The number of rotatable bonds is 3. The maximum Gasteiger partial charge on any atom is 0.308 e. The summed E-state index contributed by atoms with van der Waals surface area (Å²) in [5, 5.41) is 3.82. The quantitative estimate of drug-likeness (QED) is 0.655. The van der Waals surface area contributed by atoms with E-state index in [1.54, 1.807) is 31.2 Å². The maximum absolute atomic E-state index is 10.9. The Morgan fingerprint density at radius 1 is 1.50 bits per heavy atom. The number of hydrogen-bond donors (Lipinski definition) is 1. The Morgan fingerprint density at radius 2 is 2.28 bits per heavy atom. The SMILES string of the molecule is CC(=O)Oc1cccc(-c2noc(C(C)N)n2)c1. The van der Waals surface area contributed by atoms with Crippen molar-refractivity contribution >= 4 is 5.97 Å². The topological polar surface area (TPSA) is 91.2 Å². The highest BCUT2D eigenvalue weighted by molar-refractivity contribution is 5.70. The van der Waals surface area contributed by atoms with Crippen LogP contribution in [0.25, 0.3) is 11.4 Å². The lowest BCUT2D eigenvalue weighted by atomic mass is 10.2. The number of carbonyl (C=O) groups is 1. The summed E-state index contributed by atoms with van der Waals surface area (Å²) in [6.45, 7) is 3.10. The zero-order chi connectivity index (χ0) is 13.1. The minimum atomic E-state index is -0.378. The van der Waals surface area contributed by atoms with E-state index in [0.29, 0.717) is 23.0 Å². The first-order chi connectivity index (χ1) is 8.56. The lowest BCUT2D eigenvalue weighted by Gasteiger charge is -2.01. The van der Waals surface area contributed by atoms with Crippen molar-refractivity contribution in [1.82, 2.24) is 10.1 Å². The molecular formula is C12H13N3O3. The van der Waals surface area contributed by atoms with Crippen LogP contribution in [0.1, 0.15) is 25.8 Å². The molecule has 0 aliphatic heterocycles. The molecule has 2 aromatic rings. The maximum atomic E-state index is 10.9. The average molecular weight is 247 g/mol. The molecule has 1 atom stereocenters. The predicted octanol–water partition coefficient (Wildman–Crippen LogP) is 1.68. The van der Waals surface area contributed by atoms with Crippen LogP contribution in [-0.2, 0) is 4.79 Å². The van der Waals surface area contributed by atoms with Crippen LogP contribution in [0.2, 0.25) is 0 Å². The Bertz CT molecular complexity index is 563. The zero-order valence-electron chi connectivity index (χ0n) is 10.1. The zero-order valence-corrected chi connectivity index (χ0v) is 10.1. The number of aromatic nitrogens is 2. The van der Waals surface area contributed by atoms with E-state index in [2.05, 4.69) is 10.1 Å². The van der Waals surface area contributed by atoms with Crippen LogP contribution in [0.4, 0.5) is 0 Å². The van der Waals surface area contributed by atoms with Gasteiger partial charge in [0.1, 0.15) is 5.75 Å². The van der Waals surface area contributed by atoms with E-state index in [0.717, 1.165) is 0 Å². The summed E-state index contributed by atoms with van der Waals surface area (Å²) in [5.74, 6) is 0.836. The average Bonchev–Trinajstić information content (AvgIpc) is 2.77. The third-order valence-corrected chi connectivity index (χ3v) is 2.19. The summed E-state index contributed by atoms with van der Waals surface area (Å²) in [6.07, 6.45) is 0. The monoisotopic (exact) mass is 247 g/mol. The third-order valence-electron chi connectivity index (χ3n) is 2.19. The van der Waals surface area contributed by atoms with Gasteiger partial charge in [0.05, 0.1) is 6.04 Å². The molecule has 0 saturated carbocycles. The molecule has 1 aromatic carbocycles. The van der Waals surface area contributed by atoms with E-state index in [1.807, 2.05) is 0 Å². The van der Waals surface area contributed by atoms with Gasteiger partial charge >= 0.3 is 5.97 Å². The van der Waals surface area contributed by atoms with E-state index >= 15 is 0 Å². The Kier molecular flexibility index (Phi) is 3.38. The number of ether oxygens (including phenoxy) is 1. The molecule has 0 radical (unpaired) electrons. The van der Waals surface area contributed by atoms with Gasteiger partial charge in [-0.05, 0) is 19.1 Å². The van der Waals surface area contributed by atoms with E-state index in [-0.39, 0.29) is 12.0 Å². The highest BCUT2D eigenvalue weighted by atomic mass is 16.5. The summed E-state index contributed by atoms with van der Waals surface area (Å²) >= 11 is 0. The van der Waals surface area contributed by atoms with Crippen LogP contribution in [0, 0.1) is 0 Å². The molecule has 6 heteroatoms. The molecule has 0 amide bonds. The molecule has 94 valence electrons. The molecule has 1 unspecified atom stereocenters. The number of nitrogens with zero attached hydrogens (tertiary/aromatic N) is 2. The van der Waals surface area contributed by atoms with Gasteiger partial charge in [0.25, 0.3) is 0 Å². The molecule has 6 nitrogen and oxygen atoms in total. The van der Waals surface area contributed by atoms with Gasteiger partial charge in [0.15, 0.2) is 0 Å². The van der Waals surface area contributed by atoms with Crippen LogP contribution in [-0.4, -0.2) is 16.1 Å². The molecule has 0 fully saturated rings. The standard InChI is InChI=1S/C12H13N3O3/c1-7(13)12-14-11(15-18-12)9-4-3-5-10(6-9)17-8(2)16/h3-7H,13H2,1-2H3. The van der Waals surface area contributed by atoms with Gasteiger partial charge in [-0.1, -0.05) is 17.3 Å². The molecule has 0 saturated heterocycles. The molecule has 18 heavy (non-hydrogen) atoms. The summed E-state index contributed by atoms with van der Waals surface area (Å²) in [7, 11) is 0. The molecule has 0 aliphatic carbocycles. The number of esters is 1. The van der Waals surface area contributed by atoms with Gasteiger partial charge in [0.2, 0.25) is 11.7 Å². The molecule has 0 spiro atoms. The number of nitrogens with two attached hydrogens (primary N) is 1. The highest BCUT2D eigenvalue weighted by Crippen LogP contribution is 2.22. The van der Waals surface area contributed by atoms with Gasteiger partial charge in [-0.15, -0.1) is 0 Å². The second kappa shape index (κ2) is 4.97. The lowest BCUT2D eigenvalue weighted by molar-refractivity contribution is -0.131. The Morgan fingerprint density at radius 3 is 2.89 bits per heavy atom. The fourth-order valence-corrected chi connectivity index (χ4v) is 1.40. The molecule has 2 N–H and O–H groups in total. The summed E-state index contributed by atoms with van der Waals surface area (Å²) in [6, 6.07) is 6.57. The first-order valence-corrected chi connectivity index (χ1v) is 5.44. The van der Waals surface area contributed by atoms with Gasteiger partial charge in [-0.3, -0.25) is 4.79 Å². The van der Waals surface area contributed by atoms with Crippen molar-refractivity contribution in [2.75, 3.05) is 0 Å². The largest absolute Gasteiger partial charge is 0.427 e. The van der Waals surface area contributed by atoms with Crippen LogP contribution >= 0.6 is 0 Å². The molecule has 2 rings (SSSR count). The predicted molar refractivity (Wildman–Crippen MR) is 63.6 cm³/mol. The Balaban J connectivity index is 2.29. The van der Waals surface area contributed by atoms with Gasteiger partial charge in [0, 0.05) is 12.5 Å². The van der Waals surface area contributed by atoms with Gasteiger partial charge in [-0.25, -0.2) is 0 Å².